The van der Waals surface area contributed by atoms with E-state index < -0.39 is 0 Å². The molecule has 0 aliphatic carbocycles. The van der Waals surface area contributed by atoms with Gasteiger partial charge in [0.15, 0.2) is 0 Å². The number of nitrogens with zero attached hydrogens (tertiary/aromatic N) is 6. The standard InChI is InChI=1S/C86H62B2N6S2/c1-55-29-17-23-43-69(55)91(70-44-24-18-30-56(70)2)63-49-75-81-77(51-63)93(61-37-13-7-14-38-61)83-65-41-21-27-47-79(65)95-85(83)87(81)67-53-68-74(54-73(67)89(75)59-33-9-5-10-34-59)90(60-35-11-6-12-36-60)76-50-64(92(71-45-25-19-31-57(71)3)72-46-26-20-32-58(72)4)52-78-82(76)88(68)86-84(66-42-22-28-48-80(66)96-86)94(78)62-39-15-8-16-40-62/h5-54H,1-4H3. The summed E-state index contributed by atoms with van der Waals surface area (Å²) < 4.78 is 5.20. The smallest absolute Gasteiger partial charge is 0.264 e. The molecular formula is C86H62B2N6S2. The van der Waals surface area contributed by atoms with Gasteiger partial charge in [-0.1, -0.05) is 188 Å². The van der Waals surface area contributed by atoms with Crippen LogP contribution >= 0.6 is 22.7 Å². The second-order valence-electron chi connectivity index (χ2n) is 25.8. The Bertz CT molecular complexity index is 5190. The highest BCUT2D eigenvalue weighted by Gasteiger charge is 2.51. The van der Waals surface area contributed by atoms with Crippen molar-refractivity contribution in [2.24, 2.45) is 0 Å². The SMILES string of the molecule is Cc1ccccc1N(c1cc2c3c(c1)N(c1ccccc1)c1c(sc4ccccc14)B3c1cc3c(cc1N2c1ccccc1)N(c1ccccc1)c1cc(N(c2ccccc2C)c2ccccc2C)cc2c1B3c1sc3ccccc3c1N2c1ccccc1)c1ccccc1C. The zero-order valence-electron chi connectivity index (χ0n) is 53.5. The molecule has 0 N–H and O–H groups in total. The van der Waals surface area contributed by atoms with Crippen LogP contribution < -0.4 is 60.8 Å². The van der Waals surface area contributed by atoms with Crippen LogP contribution in [0.4, 0.5) is 102 Å². The molecule has 4 aliphatic rings. The lowest BCUT2D eigenvalue weighted by Gasteiger charge is -2.47. The summed E-state index contributed by atoms with van der Waals surface area (Å²) in [6, 6.07) is 114. The maximum absolute atomic E-state index is 2.69. The third-order valence-electron chi connectivity index (χ3n) is 20.2. The largest absolute Gasteiger partial charge is 0.311 e. The number of para-hydroxylation sites is 8. The molecule has 0 saturated carbocycles. The summed E-state index contributed by atoms with van der Waals surface area (Å²) in [4.78, 5) is 15.5. The molecule has 15 aromatic rings. The maximum atomic E-state index is 2.69. The summed E-state index contributed by atoms with van der Waals surface area (Å²) >= 11 is 3.90. The molecule has 0 saturated heterocycles. The van der Waals surface area contributed by atoms with Gasteiger partial charge in [-0.2, -0.15) is 0 Å². The zero-order chi connectivity index (χ0) is 63.9. The minimum Gasteiger partial charge on any atom is -0.311 e. The molecule has 13 aromatic carbocycles. The fourth-order valence-electron chi connectivity index (χ4n) is 16.1. The van der Waals surface area contributed by atoms with Gasteiger partial charge in [0.2, 0.25) is 0 Å². The van der Waals surface area contributed by atoms with E-state index in [9.17, 15) is 0 Å². The summed E-state index contributed by atoms with van der Waals surface area (Å²) in [5, 5.41) is 2.49. The van der Waals surface area contributed by atoms with Crippen molar-refractivity contribution in [3.8, 4) is 0 Å². The average Bonchev–Trinajstić information content (AvgIpc) is 1.17. The lowest BCUT2D eigenvalue weighted by Crippen LogP contribution is -2.64. The van der Waals surface area contributed by atoms with E-state index >= 15 is 0 Å². The minimum absolute atomic E-state index is 0.168. The van der Waals surface area contributed by atoms with E-state index in [0.717, 1.165) is 91.0 Å². The second-order valence-corrected chi connectivity index (χ2v) is 27.9. The predicted octanol–water partition coefficient (Wildman–Crippen LogP) is 20.5. The second kappa shape index (κ2) is 22.2. The lowest BCUT2D eigenvalue weighted by molar-refractivity contribution is 1.20. The molecule has 96 heavy (non-hydrogen) atoms. The molecule has 19 rings (SSSR count). The van der Waals surface area contributed by atoms with Gasteiger partial charge in [0.05, 0.1) is 22.7 Å². The molecule has 0 amide bonds. The minimum atomic E-state index is -0.168. The van der Waals surface area contributed by atoms with Crippen LogP contribution in [0.1, 0.15) is 22.3 Å². The molecule has 4 aliphatic heterocycles. The van der Waals surface area contributed by atoms with Crippen molar-refractivity contribution in [3.63, 3.8) is 0 Å². The first kappa shape index (κ1) is 56.3. The Morgan fingerprint density at radius 2 is 0.552 bits per heavy atom. The van der Waals surface area contributed by atoms with Gasteiger partial charge in [0.1, 0.15) is 0 Å². The van der Waals surface area contributed by atoms with Crippen LogP contribution in [0.15, 0.2) is 303 Å². The molecule has 2 aromatic heterocycles. The Labute approximate surface area is 568 Å². The van der Waals surface area contributed by atoms with E-state index in [1.807, 2.05) is 22.7 Å². The van der Waals surface area contributed by atoms with Crippen molar-refractivity contribution in [2.45, 2.75) is 27.7 Å². The van der Waals surface area contributed by atoms with Crippen molar-refractivity contribution < 1.29 is 0 Å². The number of thiophene rings is 2. The van der Waals surface area contributed by atoms with Crippen LogP contribution in [0, 0.1) is 27.7 Å². The van der Waals surface area contributed by atoms with Crippen molar-refractivity contribution >= 4 is 190 Å². The van der Waals surface area contributed by atoms with Crippen LogP contribution in [-0.4, -0.2) is 13.4 Å². The van der Waals surface area contributed by atoms with Gasteiger partial charge in [-0.15, -0.1) is 22.7 Å². The Morgan fingerprint density at radius 3 is 0.885 bits per heavy atom. The normalized spacial score (nSPS) is 13.1. The highest BCUT2D eigenvalue weighted by Crippen LogP contribution is 2.55. The van der Waals surface area contributed by atoms with Gasteiger partial charge in [0, 0.05) is 109 Å². The van der Waals surface area contributed by atoms with Crippen LogP contribution in [0.25, 0.3) is 20.2 Å². The molecule has 0 fully saturated rings. The quantitative estimate of drug-likeness (QED) is 0.126. The van der Waals surface area contributed by atoms with Gasteiger partial charge in [-0.3, -0.25) is 0 Å². The molecule has 0 atom stereocenters. The highest BCUT2D eigenvalue weighted by atomic mass is 32.1. The van der Waals surface area contributed by atoms with E-state index in [-0.39, 0.29) is 13.4 Å². The first-order valence-corrected chi connectivity index (χ1v) is 34.8. The van der Waals surface area contributed by atoms with Crippen molar-refractivity contribution in [3.05, 3.63) is 326 Å². The Morgan fingerprint density at radius 1 is 0.271 bits per heavy atom. The van der Waals surface area contributed by atoms with E-state index in [1.54, 1.807) is 0 Å². The van der Waals surface area contributed by atoms with Crippen LogP contribution in [0.5, 0.6) is 0 Å². The molecule has 0 radical (unpaired) electrons. The van der Waals surface area contributed by atoms with Crippen LogP contribution in [-0.2, 0) is 0 Å². The first-order chi connectivity index (χ1) is 47.3. The van der Waals surface area contributed by atoms with Crippen molar-refractivity contribution in [2.75, 3.05) is 29.4 Å². The lowest BCUT2D eigenvalue weighted by atomic mass is 9.32. The molecule has 454 valence electrons. The fraction of sp³-hybridized carbons (Fsp3) is 0.0465. The van der Waals surface area contributed by atoms with Crippen LogP contribution in [0.2, 0.25) is 0 Å². The molecule has 6 nitrogen and oxygen atoms in total. The molecular weight excluding hydrogens is 1200 g/mol. The Balaban J connectivity index is 0.966. The third kappa shape index (κ3) is 8.51. The number of benzene rings is 13. The Hall–Kier alpha value is -11.3. The van der Waals surface area contributed by atoms with Gasteiger partial charge in [0.25, 0.3) is 13.4 Å². The average molecular weight is 1270 g/mol. The number of hydrogen-bond acceptors (Lipinski definition) is 8. The van der Waals surface area contributed by atoms with Crippen molar-refractivity contribution in [1.29, 1.82) is 0 Å². The molecule has 6 heterocycles. The summed E-state index contributed by atoms with van der Waals surface area (Å²) in [5.74, 6) is 0. The first-order valence-electron chi connectivity index (χ1n) is 33.1. The summed E-state index contributed by atoms with van der Waals surface area (Å²) in [6.45, 7) is 8.64. The molecule has 10 heteroatoms. The van der Waals surface area contributed by atoms with Crippen LogP contribution in [0.3, 0.4) is 0 Å². The van der Waals surface area contributed by atoms with E-state index in [4.69, 9.17) is 0 Å². The highest BCUT2D eigenvalue weighted by molar-refractivity contribution is 7.35. The Kier molecular flexibility index (Phi) is 13.0. The summed E-state index contributed by atoms with van der Waals surface area (Å²) in [6.07, 6.45) is 0. The fourth-order valence-corrected chi connectivity index (χ4v) is 18.7. The molecule has 0 spiro atoms. The number of aryl methyl sites for hydroxylation is 4. The third-order valence-corrected chi connectivity index (χ3v) is 22.7. The number of fused-ring (bicyclic) bond motifs is 12. The van der Waals surface area contributed by atoms with Gasteiger partial charge < -0.3 is 29.4 Å². The maximum Gasteiger partial charge on any atom is 0.264 e. The topological polar surface area (TPSA) is 19.4 Å². The summed E-state index contributed by atoms with van der Waals surface area (Å²) in [5.41, 5.74) is 30.4. The predicted molar refractivity (Wildman–Crippen MR) is 414 cm³/mol. The van der Waals surface area contributed by atoms with Crippen molar-refractivity contribution in [1.82, 2.24) is 0 Å². The number of rotatable bonds is 10. The summed E-state index contributed by atoms with van der Waals surface area (Å²) in [7, 11) is 0. The zero-order valence-corrected chi connectivity index (χ0v) is 55.2. The molecule has 0 bridgehead atoms. The van der Waals surface area contributed by atoms with E-state index in [1.165, 1.54) is 85.2 Å². The van der Waals surface area contributed by atoms with Gasteiger partial charge in [-0.25, -0.2) is 0 Å². The number of hydrogen-bond donors (Lipinski definition) is 0. The molecule has 0 unspecified atom stereocenters. The number of anilines is 18. The van der Waals surface area contributed by atoms with E-state index in [2.05, 4.69) is 360 Å². The van der Waals surface area contributed by atoms with Gasteiger partial charge in [-0.05, 0) is 187 Å². The van der Waals surface area contributed by atoms with E-state index in [0.29, 0.717) is 0 Å². The van der Waals surface area contributed by atoms with Gasteiger partial charge >= 0.3 is 0 Å². The monoisotopic (exact) mass is 1260 g/mol.